The van der Waals surface area contributed by atoms with Crippen LogP contribution >= 0.6 is 11.6 Å². The third kappa shape index (κ3) is 9.82. The van der Waals surface area contributed by atoms with Crippen molar-refractivity contribution in [1.29, 1.82) is 0 Å². The van der Waals surface area contributed by atoms with Gasteiger partial charge in [-0.05, 0) is 98.1 Å². The molecule has 4 saturated heterocycles. The zero-order valence-electron chi connectivity index (χ0n) is 43.0. The minimum atomic E-state index is -3.36. The standard InChI is InChI=1S/C58H64ClF2N7O5Si/c1-56(2,3)73-55(70)68-34-38(31-57(4,5)74(71,43-18-9-7-10-19-43)44-20-11-8-12-21-44)30-41(68)24-25-48(69)66-29-26-42(36-66)65(6)53-46-33-62-51(45-22-13-16-39-17-14-23-47(59)49(39)45)50(61)52(46)63-54(64-53)72-37-58-27-15-28-67(58)35-40(60)32-58/h7-14,16-23,33,38,40-42,71H,15,26-32,34-37H2,1-6H3/t38-,40-,41+,42-,58+/m1/s1. The number of ether oxygens (including phenoxy) is 2. The Morgan fingerprint density at radius 2 is 1.64 bits per heavy atom. The molecule has 16 heteroatoms. The molecule has 0 bridgehead atoms. The van der Waals surface area contributed by atoms with Gasteiger partial charge in [-0.1, -0.05) is 122 Å². The molecule has 6 heterocycles. The van der Waals surface area contributed by atoms with Gasteiger partial charge < -0.3 is 24.1 Å². The number of benzene rings is 4. The average Bonchev–Trinajstić information content (AvgIpc) is 4.18. The minimum Gasteiger partial charge on any atom is -0.461 e. The number of carbonyl (C=O) groups excluding carboxylic acids is 2. The predicted molar refractivity (Wildman–Crippen MR) is 289 cm³/mol. The zero-order chi connectivity index (χ0) is 52.2. The molecule has 1 N–H and O–H groups in total. The highest BCUT2D eigenvalue weighted by Gasteiger charge is 2.53. The molecule has 0 radical (unpaired) electrons. The van der Waals surface area contributed by atoms with Crippen LogP contribution in [0.25, 0.3) is 32.9 Å². The van der Waals surface area contributed by atoms with Gasteiger partial charge in [-0.15, -0.1) is 0 Å². The molecule has 4 fully saturated rings. The Hall–Kier alpha value is -6.18. The molecule has 2 amide bonds. The number of aromatic nitrogens is 3. The number of hydrogen-bond acceptors (Lipinski definition) is 10. The summed E-state index contributed by atoms with van der Waals surface area (Å²) < 4.78 is 44.3. The van der Waals surface area contributed by atoms with Gasteiger partial charge in [0.25, 0.3) is 14.2 Å². The first-order chi connectivity index (χ1) is 35.3. The van der Waals surface area contributed by atoms with Crippen LogP contribution in [-0.2, 0) is 9.53 Å². The smallest absolute Gasteiger partial charge is 0.411 e. The van der Waals surface area contributed by atoms with E-state index in [0.717, 1.165) is 35.1 Å². The van der Waals surface area contributed by atoms with Crippen molar-refractivity contribution in [3.63, 3.8) is 0 Å². The zero-order valence-corrected chi connectivity index (χ0v) is 44.7. The lowest BCUT2D eigenvalue weighted by molar-refractivity contribution is -0.124. The van der Waals surface area contributed by atoms with E-state index in [2.05, 4.69) is 40.6 Å². The molecule has 4 aromatic carbocycles. The van der Waals surface area contributed by atoms with Gasteiger partial charge in [0.1, 0.15) is 35.4 Å². The first kappa shape index (κ1) is 51.3. The number of likely N-dealkylation sites (tertiary alicyclic amines) is 2. The second-order valence-electron chi connectivity index (χ2n) is 22.4. The largest absolute Gasteiger partial charge is 0.461 e. The molecule has 74 heavy (non-hydrogen) atoms. The van der Waals surface area contributed by atoms with E-state index in [0.29, 0.717) is 79.0 Å². The van der Waals surface area contributed by atoms with Gasteiger partial charge in [-0.3, -0.25) is 19.6 Å². The summed E-state index contributed by atoms with van der Waals surface area (Å²) in [6.07, 6.45) is 3.83. The number of halogens is 3. The van der Waals surface area contributed by atoms with Gasteiger partial charge in [-0.25, -0.2) is 13.6 Å². The van der Waals surface area contributed by atoms with Crippen molar-refractivity contribution >= 4 is 69.8 Å². The molecule has 10 rings (SSSR count). The molecule has 2 aromatic heterocycles. The normalized spacial score (nSPS) is 22.2. The molecular weight excluding hydrogens is 976 g/mol. The van der Waals surface area contributed by atoms with Crippen molar-refractivity contribution in [3.8, 4) is 29.1 Å². The number of nitrogens with zero attached hydrogens (tertiary/aromatic N) is 7. The van der Waals surface area contributed by atoms with E-state index in [1.165, 1.54) is 0 Å². The van der Waals surface area contributed by atoms with Gasteiger partial charge in [0.2, 0.25) is 0 Å². The van der Waals surface area contributed by atoms with Gasteiger partial charge in [-0.2, -0.15) is 9.97 Å². The molecule has 0 spiro atoms. The van der Waals surface area contributed by atoms with Gasteiger partial charge >= 0.3 is 12.1 Å². The molecule has 4 aliphatic heterocycles. The van der Waals surface area contributed by atoms with Crippen LogP contribution in [0.15, 0.2) is 103 Å². The number of rotatable bonds is 11. The lowest BCUT2D eigenvalue weighted by Gasteiger charge is -2.42. The summed E-state index contributed by atoms with van der Waals surface area (Å²) >= 11 is 6.71. The Morgan fingerprint density at radius 3 is 2.34 bits per heavy atom. The van der Waals surface area contributed by atoms with E-state index < -0.39 is 48.6 Å². The number of anilines is 1. The average molecular weight is 1040 g/mol. The summed E-state index contributed by atoms with van der Waals surface area (Å²) in [6.45, 7) is 12.0. The molecule has 0 aliphatic carbocycles. The number of alkyl halides is 1. The molecule has 12 nitrogen and oxygen atoms in total. The third-order valence-corrected chi connectivity index (χ3v) is 20.7. The van der Waals surface area contributed by atoms with E-state index in [1.54, 1.807) is 28.1 Å². The number of pyridine rings is 1. The van der Waals surface area contributed by atoms with Crippen molar-refractivity contribution in [1.82, 2.24) is 29.7 Å². The fourth-order valence-electron chi connectivity index (χ4n) is 12.2. The topological polar surface area (TPSA) is 124 Å². The summed E-state index contributed by atoms with van der Waals surface area (Å²) in [6, 6.07) is 29.9. The summed E-state index contributed by atoms with van der Waals surface area (Å²) in [5.74, 6) is 5.39. The first-order valence-corrected chi connectivity index (χ1v) is 28.1. The van der Waals surface area contributed by atoms with Crippen LogP contribution in [0.3, 0.4) is 0 Å². The minimum absolute atomic E-state index is 0.0122. The quantitative estimate of drug-likeness (QED) is 0.0993. The highest BCUT2D eigenvalue weighted by molar-refractivity contribution is 6.98. The van der Waals surface area contributed by atoms with Crippen LogP contribution in [0.4, 0.5) is 19.4 Å². The van der Waals surface area contributed by atoms with Gasteiger partial charge in [0.05, 0.1) is 17.0 Å². The predicted octanol–water partition coefficient (Wildman–Crippen LogP) is 9.18. The highest BCUT2D eigenvalue weighted by atomic mass is 35.5. The second kappa shape index (κ2) is 20.2. The Morgan fingerprint density at radius 1 is 0.932 bits per heavy atom. The summed E-state index contributed by atoms with van der Waals surface area (Å²) in [5, 5.41) is 3.57. The van der Waals surface area contributed by atoms with Gasteiger partial charge in [0, 0.05) is 67.9 Å². The SMILES string of the molecule is CN(c1nc(OC[C@@]23CCCN2C[C@H](F)C3)nc2c(F)c(-c3cccc4cccc(Cl)c34)ncc12)[C@@H]1CCN(C(=O)C#C[C@H]2C[C@H](CC(C)(C)[Si](O)(c3ccccc3)c3ccccc3)CN2C(=O)OC(C)(C)C)C1. The van der Waals surface area contributed by atoms with Crippen molar-refractivity contribution in [2.75, 3.05) is 51.3 Å². The summed E-state index contributed by atoms with van der Waals surface area (Å²) in [5.41, 5.74) is -0.641. The van der Waals surface area contributed by atoms with Crippen molar-refractivity contribution in [3.05, 3.63) is 114 Å². The number of amides is 2. The number of hydrogen-bond donors (Lipinski definition) is 1. The van der Waals surface area contributed by atoms with E-state index in [1.807, 2.05) is 118 Å². The highest BCUT2D eigenvalue weighted by Crippen LogP contribution is 2.45. The van der Waals surface area contributed by atoms with Crippen molar-refractivity contribution in [2.24, 2.45) is 5.92 Å². The Bertz CT molecular complexity index is 3110. The van der Waals surface area contributed by atoms with Gasteiger partial charge in [0.15, 0.2) is 5.82 Å². The van der Waals surface area contributed by atoms with Crippen LogP contribution in [-0.4, -0.2) is 131 Å². The molecule has 0 unspecified atom stereocenters. The Labute approximate surface area is 438 Å². The molecule has 6 aromatic rings. The molecule has 386 valence electrons. The number of carbonyl (C=O) groups is 2. The Kier molecular flexibility index (Phi) is 14.0. The molecule has 5 atom stereocenters. The summed E-state index contributed by atoms with van der Waals surface area (Å²) in [7, 11) is -1.50. The lowest BCUT2D eigenvalue weighted by atomic mass is 9.94. The monoisotopic (exact) mass is 1040 g/mol. The van der Waals surface area contributed by atoms with E-state index in [-0.39, 0.29) is 41.7 Å². The van der Waals surface area contributed by atoms with Crippen molar-refractivity contribution < 1.29 is 32.6 Å². The van der Waals surface area contributed by atoms with Crippen LogP contribution < -0.4 is 20.0 Å². The maximum absolute atomic E-state index is 17.2. The fraction of sp³-hybridized carbons (Fsp3) is 0.431. The lowest BCUT2D eigenvalue weighted by Crippen LogP contribution is -2.65. The third-order valence-electron chi connectivity index (χ3n) is 15.8. The molecule has 0 saturated carbocycles. The molecule has 4 aliphatic rings. The second-order valence-corrected chi connectivity index (χ2v) is 26.7. The first-order valence-electron chi connectivity index (χ1n) is 25.8. The van der Waals surface area contributed by atoms with Crippen molar-refractivity contribution in [2.45, 2.75) is 108 Å². The van der Waals surface area contributed by atoms with Crippen LogP contribution in [0.1, 0.15) is 73.1 Å². The Balaban J connectivity index is 0.908. The number of likely N-dealkylation sites (N-methyl/N-ethyl adjacent to an activating group) is 1. The fourth-order valence-corrected chi connectivity index (χ4v) is 16.3. The van der Waals surface area contributed by atoms with E-state index in [9.17, 15) is 18.8 Å². The van der Waals surface area contributed by atoms with Crippen LogP contribution in [0.5, 0.6) is 6.01 Å². The maximum Gasteiger partial charge on any atom is 0.411 e. The maximum atomic E-state index is 17.2. The van der Waals surface area contributed by atoms with Crippen LogP contribution in [0.2, 0.25) is 10.1 Å². The number of fused-ring (bicyclic) bond motifs is 3. The molecular formula is C58H64ClF2N7O5Si. The summed E-state index contributed by atoms with van der Waals surface area (Å²) in [4.78, 5) is 62.6. The van der Waals surface area contributed by atoms with Crippen LogP contribution in [0, 0.1) is 23.6 Å². The van der Waals surface area contributed by atoms with E-state index >= 15 is 4.39 Å². The van der Waals surface area contributed by atoms with E-state index in [4.69, 9.17) is 26.1 Å².